The molecule has 0 saturated carbocycles. The lowest BCUT2D eigenvalue weighted by molar-refractivity contribution is 0.498. The van der Waals surface area contributed by atoms with Crippen LogP contribution < -0.4 is 5.56 Å². The van der Waals surface area contributed by atoms with Crippen molar-refractivity contribution in [2.45, 2.75) is 25.3 Å². The van der Waals surface area contributed by atoms with Gasteiger partial charge in [-0.05, 0) is 12.0 Å². The van der Waals surface area contributed by atoms with Gasteiger partial charge in [0.25, 0.3) is 5.56 Å². The van der Waals surface area contributed by atoms with E-state index in [2.05, 4.69) is 0 Å². The van der Waals surface area contributed by atoms with Crippen molar-refractivity contribution in [3.05, 3.63) is 28.7 Å². The van der Waals surface area contributed by atoms with Crippen LogP contribution >= 0.6 is 0 Å². The molecule has 6 heteroatoms. The van der Waals surface area contributed by atoms with Gasteiger partial charge in [0.15, 0.2) is 0 Å². The molecule has 1 aromatic heterocycles. The second-order valence-electron chi connectivity index (χ2n) is 4.54. The third-order valence-corrected chi connectivity index (χ3v) is 4.10. The van der Waals surface area contributed by atoms with Crippen LogP contribution in [0.5, 0.6) is 0 Å². The first-order valence-corrected chi connectivity index (χ1v) is 6.82. The molecule has 0 aliphatic rings. The summed E-state index contributed by atoms with van der Waals surface area (Å²) in [6, 6.07) is 2.63. The van der Waals surface area contributed by atoms with Crippen molar-refractivity contribution in [3.63, 3.8) is 0 Å². The first-order chi connectivity index (χ1) is 7.75. The van der Waals surface area contributed by atoms with Gasteiger partial charge in [0, 0.05) is 32.9 Å². The van der Waals surface area contributed by atoms with E-state index >= 15 is 0 Å². The molecule has 0 aliphatic heterocycles. The van der Waals surface area contributed by atoms with Crippen LogP contribution in [0.4, 0.5) is 0 Å². The summed E-state index contributed by atoms with van der Waals surface area (Å²) in [5.41, 5.74) is -0.184. The van der Waals surface area contributed by atoms with Crippen molar-refractivity contribution < 1.29 is 8.42 Å². The van der Waals surface area contributed by atoms with Gasteiger partial charge in [0.05, 0.1) is 4.90 Å². The van der Waals surface area contributed by atoms with E-state index in [1.54, 1.807) is 0 Å². The zero-order valence-corrected chi connectivity index (χ0v) is 11.4. The third kappa shape index (κ3) is 3.17. The molecule has 0 bridgehead atoms. The minimum atomic E-state index is -3.48. The van der Waals surface area contributed by atoms with Crippen LogP contribution in [0.25, 0.3) is 0 Å². The first-order valence-electron chi connectivity index (χ1n) is 5.38. The molecule has 0 radical (unpaired) electrons. The van der Waals surface area contributed by atoms with Gasteiger partial charge in [-0.2, -0.15) is 0 Å². The van der Waals surface area contributed by atoms with Crippen LogP contribution in [0.2, 0.25) is 0 Å². The van der Waals surface area contributed by atoms with Gasteiger partial charge in [0.1, 0.15) is 0 Å². The summed E-state index contributed by atoms with van der Waals surface area (Å²) in [5.74, 6) is 0.282. The zero-order valence-electron chi connectivity index (χ0n) is 10.5. The summed E-state index contributed by atoms with van der Waals surface area (Å²) in [7, 11) is -0.547. The summed E-state index contributed by atoms with van der Waals surface area (Å²) in [5, 5.41) is 0. The van der Waals surface area contributed by atoms with Crippen LogP contribution in [-0.4, -0.2) is 31.4 Å². The minimum Gasteiger partial charge on any atom is -0.314 e. The predicted octanol–water partition coefficient (Wildman–Crippen LogP) is 0.755. The van der Waals surface area contributed by atoms with E-state index in [0.717, 1.165) is 4.31 Å². The van der Waals surface area contributed by atoms with Gasteiger partial charge in [-0.1, -0.05) is 13.8 Å². The van der Waals surface area contributed by atoms with Gasteiger partial charge in [0.2, 0.25) is 10.0 Å². The molecule has 5 nitrogen and oxygen atoms in total. The number of hydrogen-bond donors (Lipinski definition) is 0. The number of hydrogen-bond acceptors (Lipinski definition) is 3. The summed E-state index contributed by atoms with van der Waals surface area (Å²) >= 11 is 0. The van der Waals surface area contributed by atoms with Crippen LogP contribution in [0.3, 0.4) is 0 Å². The summed E-state index contributed by atoms with van der Waals surface area (Å²) in [4.78, 5) is 11.7. The molecule has 0 fully saturated rings. The second-order valence-corrected chi connectivity index (χ2v) is 6.69. The Morgan fingerprint density at radius 2 is 1.88 bits per heavy atom. The molecule has 1 rings (SSSR count). The molecule has 0 aliphatic carbocycles. The topological polar surface area (TPSA) is 59.4 Å². The van der Waals surface area contributed by atoms with Crippen molar-refractivity contribution in [2.24, 2.45) is 5.92 Å². The van der Waals surface area contributed by atoms with E-state index < -0.39 is 10.0 Å². The number of pyridine rings is 1. The summed E-state index contributed by atoms with van der Waals surface area (Å²) in [6.07, 6.45) is 1.40. The van der Waals surface area contributed by atoms with E-state index in [0.29, 0.717) is 6.54 Å². The number of rotatable bonds is 4. The maximum atomic E-state index is 11.9. The fourth-order valence-corrected chi connectivity index (χ4v) is 2.33. The Balaban J connectivity index is 3.27. The van der Waals surface area contributed by atoms with Crippen molar-refractivity contribution in [2.75, 3.05) is 14.1 Å². The Morgan fingerprint density at radius 1 is 1.29 bits per heavy atom. The predicted molar refractivity (Wildman–Crippen MR) is 66.4 cm³/mol. The molecule has 0 spiro atoms. The van der Waals surface area contributed by atoms with Crippen molar-refractivity contribution in [3.8, 4) is 0 Å². The van der Waals surface area contributed by atoms with Crippen molar-refractivity contribution >= 4 is 10.0 Å². The Hall–Kier alpha value is -1.14. The van der Waals surface area contributed by atoms with Crippen LogP contribution in [0, 0.1) is 5.92 Å². The smallest absolute Gasteiger partial charge is 0.250 e. The van der Waals surface area contributed by atoms with Crippen LogP contribution in [-0.2, 0) is 16.6 Å². The minimum absolute atomic E-state index is 0.141. The standard InChI is InChI=1S/C11H18N2O3S/c1-9(2)7-13-8-10(5-6-11(13)14)17(15,16)12(3)4/h5-6,8-9H,7H2,1-4H3. The molecule has 1 heterocycles. The Labute approximate surface area is 102 Å². The first kappa shape index (κ1) is 13.9. The maximum Gasteiger partial charge on any atom is 0.250 e. The van der Waals surface area contributed by atoms with Gasteiger partial charge in [-0.25, -0.2) is 12.7 Å². The molecule has 0 aromatic carbocycles. The Morgan fingerprint density at radius 3 is 2.35 bits per heavy atom. The quantitative estimate of drug-likeness (QED) is 0.801. The van der Waals surface area contributed by atoms with E-state index in [4.69, 9.17) is 0 Å². The van der Waals surface area contributed by atoms with E-state index in [9.17, 15) is 13.2 Å². The van der Waals surface area contributed by atoms with Crippen LogP contribution in [0.15, 0.2) is 28.0 Å². The number of aromatic nitrogens is 1. The highest BCUT2D eigenvalue weighted by Gasteiger charge is 2.18. The maximum absolute atomic E-state index is 11.9. The van der Waals surface area contributed by atoms with Gasteiger partial charge < -0.3 is 4.57 Å². The third-order valence-electron chi connectivity index (χ3n) is 2.30. The Bertz CT molecular complexity index is 544. The largest absolute Gasteiger partial charge is 0.314 e. The lowest BCUT2D eigenvalue weighted by Gasteiger charge is -2.14. The van der Waals surface area contributed by atoms with E-state index in [1.807, 2.05) is 13.8 Å². The monoisotopic (exact) mass is 258 g/mol. The fourth-order valence-electron chi connectivity index (χ4n) is 1.41. The molecular formula is C11H18N2O3S. The molecule has 17 heavy (non-hydrogen) atoms. The van der Waals surface area contributed by atoms with Gasteiger partial charge in [-0.3, -0.25) is 4.79 Å². The molecule has 0 amide bonds. The van der Waals surface area contributed by atoms with Crippen molar-refractivity contribution in [1.82, 2.24) is 8.87 Å². The Kier molecular flexibility index (Phi) is 4.11. The van der Waals surface area contributed by atoms with Gasteiger partial charge in [-0.15, -0.1) is 0 Å². The molecule has 0 saturated heterocycles. The second kappa shape index (κ2) is 5.01. The summed E-state index contributed by atoms with van der Waals surface area (Å²) in [6.45, 7) is 4.45. The molecule has 0 N–H and O–H groups in total. The molecule has 0 atom stereocenters. The highest BCUT2D eigenvalue weighted by Crippen LogP contribution is 2.11. The van der Waals surface area contributed by atoms with E-state index in [-0.39, 0.29) is 16.4 Å². The summed E-state index contributed by atoms with van der Waals surface area (Å²) < 4.78 is 26.3. The molecular weight excluding hydrogens is 240 g/mol. The zero-order chi connectivity index (χ0) is 13.2. The lowest BCUT2D eigenvalue weighted by atomic mass is 10.2. The van der Waals surface area contributed by atoms with Crippen molar-refractivity contribution in [1.29, 1.82) is 0 Å². The fraction of sp³-hybridized carbons (Fsp3) is 0.545. The normalized spacial score (nSPS) is 12.4. The molecule has 0 unspecified atom stereocenters. The molecule has 96 valence electrons. The average molecular weight is 258 g/mol. The number of sulfonamides is 1. The van der Waals surface area contributed by atoms with E-state index in [1.165, 1.54) is 37.0 Å². The highest BCUT2D eigenvalue weighted by molar-refractivity contribution is 7.89. The van der Waals surface area contributed by atoms with Gasteiger partial charge >= 0.3 is 0 Å². The number of nitrogens with zero attached hydrogens (tertiary/aromatic N) is 2. The average Bonchev–Trinajstić information content (AvgIpc) is 2.20. The van der Waals surface area contributed by atoms with Crippen LogP contribution in [0.1, 0.15) is 13.8 Å². The molecule has 1 aromatic rings. The SMILES string of the molecule is CC(C)Cn1cc(S(=O)(=O)N(C)C)ccc1=O. The highest BCUT2D eigenvalue weighted by atomic mass is 32.2. The lowest BCUT2D eigenvalue weighted by Crippen LogP contribution is -2.26.